The Kier molecular flexibility index (Phi) is 5.59. The fraction of sp³-hybridized carbons (Fsp3) is 0.261. The first-order valence-electron chi connectivity index (χ1n) is 9.84. The molecule has 2 aromatic heterocycles. The second-order valence-electron chi connectivity index (χ2n) is 7.77. The standard InChI is InChI=1S/C23H23ClN4O2/c1-14(2)13-30-22-7-5-18(24)10-17(22)11-28-15(3)8-21(27-28)23-25-19-6-4-16(12-29)9-20(19)26-23/h4-10,12,14H,11,13H2,1-3H3,(H,25,26). The van der Waals surface area contributed by atoms with E-state index >= 15 is 0 Å². The minimum absolute atomic E-state index is 0.430. The van der Waals surface area contributed by atoms with Crippen LogP contribution >= 0.6 is 11.6 Å². The number of fused-ring (bicyclic) bond motifs is 1. The van der Waals surface area contributed by atoms with E-state index in [9.17, 15) is 4.79 Å². The summed E-state index contributed by atoms with van der Waals surface area (Å²) in [6.45, 7) is 7.41. The van der Waals surface area contributed by atoms with E-state index in [1.807, 2.05) is 41.9 Å². The molecule has 0 aliphatic rings. The summed E-state index contributed by atoms with van der Waals surface area (Å²) in [7, 11) is 0. The maximum atomic E-state index is 11.0. The molecule has 0 bridgehead atoms. The molecule has 6 nitrogen and oxygen atoms in total. The molecule has 154 valence electrons. The molecule has 0 aliphatic carbocycles. The Morgan fingerprint density at radius 3 is 2.80 bits per heavy atom. The molecule has 30 heavy (non-hydrogen) atoms. The number of ether oxygens (including phenoxy) is 1. The van der Waals surface area contributed by atoms with E-state index in [0.717, 1.165) is 40.0 Å². The average Bonchev–Trinajstić information content (AvgIpc) is 3.30. The lowest BCUT2D eigenvalue weighted by atomic mass is 10.2. The van der Waals surface area contributed by atoms with Gasteiger partial charge in [-0.2, -0.15) is 5.10 Å². The highest BCUT2D eigenvalue weighted by atomic mass is 35.5. The topological polar surface area (TPSA) is 72.8 Å². The fourth-order valence-electron chi connectivity index (χ4n) is 3.24. The minimum atomic E-state index is 0.430. The number of aryl methyl sites for hydroxylation is 1. The normalized spacial score (nSPS) is 11.4. The Labute approximate surface area is 179 Å². The lowest BCUT2D eigenvalue weighted by Crippen LogP contribution is -2.09. The number of hydrogen-bond acceptors (Lipinski definition) is 4. The highest BCUT2D eigenvalue weighted by Gasteiger charge is 2.14. The molecule has 0 radical (unpaired) electrons. The van der Waals surface area contributed by atoms with Gasteiger partial charge in [0, 0.05) is 21.8 Å². The number of aromatic nitrogens is 4. The number of carbonyl (C=O) groups excluding carboxylic acids is 1. The predicted octanol–water partition coefficient (Wildman–Crippen LogP) is 5.28. The van der Waals surface area contributed by atoms with E-state index in [0.29, 0.717) is 35.5 Å². The number of imidazole rings is 1. The first kappa shape index (κ1) is 20.2. The number of carbonyl (C=O) groups is 1. The predicted molar refractivity (Wildman–Crippen MR) is 118 cm³/mol. The third-order valence-corrected chi connectivity index (χ3v) is 5.02. The number of rotatable bonds is 7. The molecule has 0 unspecified atom stereocenters. The van der Waals surface area contributed by atoms with E-state index < -0.39 is 0 Å². The molecule has 2 aromatic carbocycles. The van der Waals surface area contributed by atoms with Gasteiger partial charge >= 0.3 is 0 Å². The van der Waals surface area contributed by atoms with Crippen LogP contribution in [0.1, 0.15) is 35.5 Å². The van der Waals surface area contributed by atoms with Crippen LogP contribution in [0, 0.1) is 12.8 Å². The minimum Gasteiger partial charge on any atom is -0.493 e. The Bertz CT molecular complexity index is 1210. The van der Waals surface area contributed by atoms with Crippen molar-refractivity contribution in [2.24, 2.45) is 5.92 Å². The summed E-state index contributed by atoms with van der Waals surface area (Å²) in [5, 5.41) is 5.40. The van der Waals surface area contributed by atoms with E-state index in [1.165, 1.54) is 0 Å². The highest BCUT2D eigenvalue weighted by Crippen LogP contribution is 2.26. The van der Waals surface area contributed by atoms with Gasteiger partial charge in [-0.15, -0.1) is 0 Å². The van der Waals surface area contributed by atoms with Crippen molar-refractivity contribution in [3.8, 4) is 17.3 Å². The lowest BCUT2D eigenvalue weighted by Gasteiger charge is -2.14. The number of aldehydes is 1. The van der Waals surface area contributed by atoms with E-state index in [1.54, 1.807) is 12.1 Å². The number of H-pyrrole nitrogens is 1. The molecule has 0 atom stereocenters. The molecule has 0 fully saturated rings. The van der Waals surface area contributed by atoms with Crippen LogP contribution in [0.15, 0.2) is 42.5 Å². The van der Waals surface area contributed by atoms with Gasteiger partial charge in [-0.1, -0.05) is 25.4 Å². The number of halogens is 1. The van der Waals surface area contributed by atoms with E-state index in [-0.39, 0.29) is 0 Å². The van der Waals surface area contributed by atoms with Gasteiger partial charge in [-0.25, -0.2) is 4.98 Å². The molecule has 7 heteroatoms. The van der Waals surface area contributed by atoms with Crippen LogP contribution in [-0.4, -0.2) is 32.6 Å². The summed E-state index contributed by atoms with van der Waals surface area (Å²) in [6, 6.07) is 13.0. The third kappa shape index (κ3) is 4.24. The molecule has 4 rings (SSSR count). The number of nitrogens with one attached hydrogen (secondary N) is 1. The maximum absolute atomic E-state index is 11.0. The van der Waals surface area contributed by atoms with Gasteiger partial charge in [0.1, 0.15) is 17.7 Å². The van der Waals surface area contributed by atoms with Crippen molar-refractivity contribution < 1.29 is 9.53 Å². The summed E-state index contributed by atoms with van der Waals surface area (Å²) in [5.41, 5.74) is 4.91. The SMILES string of the molecule is Cc1cc(-c2nc3ccc(C=O)cc3[nH]2)nn1Cc1cc(Cl)ccc1OCC(C)C. The van der Waals surface area contributed by atoms with Gasteiger partial charge in [0.05, 0.1) is 24.2 Å². The van der Waals surface area contributed by atoms with Crippen molar-refractivity contribution in [2.75, 3.05) is 6.61 Å². The molecule has 1 N–H and O–H groups in total. The first-order chi connectivity index (χ1) is 14.4. The van der Waals surface area contributed by atoms with Crippen molar-refractivity contribution in [1.29, 1.82) is 0 Å². The largest absolute Gasteiger partial charge is 0.493 e. The van der Waals surface area contributed by atoms with Crippen LogP contribution < -0.4 is 4.74 Å². The molecular weight excluding hydrogens is 400 g/mol. The number of benzene rings is 2. The molecule has 0 spiro atoms. The lowest BCUT2D eigenvalue weighted by molar-refractivity contribution is 0.112. The van der Waals surface area contributed by atoms with Gasteiger partial charge < -0.3 is 9.72 Å². The number of aromatic amines is 1. The van der Waals surface area contributed by atoms with Gasteiger partial charge in [0.2, 0.25) is 0 Å². The van der Waals surface area contributed by atoms with Crippen LogP contribution in [0.2, 0.25) is 5.02 Å². The maximum Gasteiger partial charge on any atom is 0.159 e. The van der Waals surface area contributed by atoms with Crippen molar-refractivity contribution >= 4 is 28.9 Å². The molecule has 0 aliphatic heterocycles. The summed E-state index contributed by atoms with van der Waals surface area (Å²) in [4.78, 5) is 18.9. The Morgan fingerprint density at radius 2 is 2.03 bits per heavy atom. The Hall–Kier alpha value is -3.12. The molecule has 0 saturated heterocycles. The zero-order valence-corrected chi connectivity index (χ0v) is 17.9. The number of nitrogens with zero attached hydrogens (tertiary/aromatic N) is 3. The molecule has 4 aromatic rings. The molecule has 0 amide bonds. The summed E-state index contributed by atoms with van der Waals surface area (Å²) in [5.74, 6) is 1.91. The van der Waals surface area contributed by atoms with Crippen LogP contribution in [0.3, 0.4) is 0 Å². The molecular formula is C23H23ClN4O2. The second kappa shape index (κ2) is 8.32. The van der Waals surface area contributed by atoms with Gasteiger partial charge in [0.25, 0.3) is 0 Å². The smallest absolute Gasteiger partial charge is 0.159 e. The van der Waals surface area contributed by atoms with Crippen LogP contribution in [0.25, 0.3) is 22.6 Å². The quantitative estimate of drug-likeness (QED) is 0.411. The van der Waals surface area contributed by atoms with Gasteiger partial charge in [0.15, 0.2) is 5.82 Å². The van der Waals surface area contributed by atoms with Crippen LogP contribution in [-0.2, 0) is 6.54 Å². The third-order valence-electron chi connectivity index (χ3n) is 4.78. The van der Waals surface area contributed by atoms with Gasteiger partial charge in [-0.3, -0.25) is 9.48 Å². The average molecular weight is 423 g/mol. The summed E-state index contributed by atoms with van der Waals surface area (Å²) < 4.78 is 7.88. The van der Waals surface area contributed by atoms with Crippen LogP contribution in [0.4, 0.5) is 0 Å². The van der Waals surface area contributed by atoms with E-state index in [4.69, 9.17) is 21.4 Å². The van der Waals surface area contributed by atoms with Crippen molar-refractivity contribution in [3.63, 3.8) is 0 Å². The molecule has 0 saturated carbocycles. The summed E-state index contributed by atoms with van der Waals surface area (Å²) >= 11 is 6.23. The second-order valence-corrected chi connectivity index (χ2v) is 8.20. The molecule has 2 heterocycles. The zero-order chi connectivity index (χ0) is 21.3. The van der Waals surface area contributed by atoms with Crippen molar-refractivity contribution in [2.45, 2.75) is 27.3 Å². The first-order valence-corrected chi connectivity index (χ1v) is 10.2. The van der Waals surface area contributed by atoms with E-state index in [2.05, 4.69) is 23.8 Å². The Balaban J connectivity index is 1.64. The van der Waals surface area contributed by atoms with Crippen molar-refractivity contribution in [3.05, 3.63) is 64.3 Å². The zero-order valence-electron chi connectivity index (χ0n) is 17.1. The number of hydrogen-bond donors (Lipinski definition) is 1. The highest BCUT2D eigenvalue weighted by molar-refractivity contribution is 6.30. The van der Waals surface area contributed by atoms with Crippen LogP contribution in [0.5, 0.6) is 5.75 Å². The monoisotopic (exact) mass is 422 g/mol. The summed E-state index contributed by atoms with van der Waals surface area (Å²) in [6.07, 6.45) is 0.822. The van der Waals surface area contributed by atoms with Gasteiger partial charge in [-0.05, 0) is 55.3 Å². The van der Waals surface area contributed by atoms with Crippen molar-refractivity contribution in [1.82, 2.24) is 19.7 Å². The fourth-order valence-corrected chi connectivity index (χ4v) is 3.43. The Morgan fingerprint density at radius 1 is 1.20 bits per heavy atom.